The summed E-state index contributed by atoms with van der Waals surface area (Å²) in [7, 11) is 0. The highest BCUT2D eigenvalue weighted by Gasteiger charge is 2.49. The summed E-state index contributed by atoms with van der Waals surface area (Å²) in [4.78, 5) is 5.73. The van der Waals surface area contributed by atoms with Gasteiger partial charge in [-0.2, -0.15) is 10.2 Å². The lowest BCUT2D eigenvalue weighted by Gasteiger charge is -2.37. The molecule has 11 nitrogen and oxygen atoms in total. The van der Waals surface area contributed by atoms with E-state index in [-0.39, 0.29) is 25.3 Å². The van der Waals surface area contributed by atoms with Gasteiger partial charge in [-0.25, -0.2) is 19.3 Å². The van der Waals surface area contributed by atoms with Crippen LogP contribution < -0.4 is 0 Å². The maximum absolute atomic E-state index is 7.40. The minimum absolute atomic E-state index is 0.152. The first-order chi connectivity index (χ1) is 25.5. The molecule has 2 saturated heterocycles. The van der Waals surface area contributed by atoms with Crippen molar-refractivity contribution in [3.8, 4) is 0 Å². The largest absolute Gasteiger partial charge is 0.359 e. The smallest absolute Gasteiger partial charge is 0.216 e. The average molecular weight is 799 g/mol. The second kappa shape index (κ2) is 14.4. The first-order valence-electron chi connectivity index (χ1n) is 17.2. The number of halogens is 4. The highest BCUT2D eigenvalue weighted by molar-refractivity contribution is 6.41. The molecule has 8 atom stereocenters. The molecule has 15 heteroatoms. The topological polar surface area (TPSA) is 108 Å². The van der Waals surface area contributed by atoms with Gasteiger partial charge in [0.2, 0.25) is 11.6 Å². The highest BCUT2D eigenvalue weighted by atomic mass is 35.5. The quantitative estimate of drug-likeness (QED) is 0.122. The van der Waals surface area contributed by atoms with Gasteiger partial charge in [0.15, 0.2) is 0 Å². The Bertz CT molecular complexity index is 1930. The number of allylic oxidation sites excluding steroid dienone is 4. The van der Waals surface area contributed by atoms with Gasteiger partial charge in [-0.3, -0.25) is 0 Å². The molecule has 2 fully saturated rings. The molecule has 0 radical (unpaired) electrons. The van der Waals surface area contributed by atoms with Gasteiger partial charge in [0.1, 0.15) is 48.1 Å². The van der Waals surface area contributed by atoms with E-state index in [1.165, 1.54) is 12.7 Å². The maximum Gasteiger partial charge on any atom is 0.216 e. The lowest BCUT2D eigenvalue weighted by atomic mass is 9.85. The van der Waals surface area contributed by atoms with Crippen LogP contribution in [-0.2, 0) is 58.1 Å². The fourth-order valence-electron chi connectivity index (χ4n) is 7.27. The van der Waals surface area contributed by atoms with Gasteiger partial charge in [-0.1, -0.05) is 96.0 Å². The Hall–Kier alpha value is -3.36. The second-order valence-electron chi connectivity index (χ2n) is 13.5. The normalized spacial score (nSPS) is 34.0. The fourth-order valence-corrected chi connectivity index (χ4v) is 8.45. The van der Waals surface area contributed by atoms with Crippen molar-refractivity contribution in [3.63, 3.8) is 0 Å². The zero-order chi connectivity index (χ0) is 36.8. The molecule has 4 aromatic rings. The van der Waals surface area contributed by atoms with Crippen LogP contribution in [0.4, 0.5) is 0 Å². The van der Waals surface area contributed by atoms with E-state index in [0.717, 1.165) is 11.1 Å². The Labute approximate surface area is 326 Å². The number of alkyl halides is 2. The van der Waals surface area contributed by atoms with Crippen molar-refractivity contribution in [3.05, 3.63) is 143 Å². The number of aromatic nitrogens is 6. The SMILES string of the molecule is CC1COC(Cn2cncn2)(c2ccccc2C2(Cl)C=CC(OC3C=CC(Cl)(c4ccccc4C4(Cn5cncn5)OCC(C)O4)C(Cl)=C3)C=C2Cl)O1. The van der Waals surface area contributed by atoms with Gasteiger partial charge in [0.25, 0.3) is 0 Å². The van der Waals surface area contributed by atoms with Crippen LogP contribution in [0, 0.1) is 0 Å². The molecule has 4 heterocycles. The summed E-state index contributed by atoms with van der Waals surface area (Å²) < 4.78 is 35.3. The van der Waals surface area contributed by atoms with E-state index in [4.69, 9.17) is 70.1 Å². The number of rotatable bonds is 10. The average Bonchev–Trinajstić information content (AvgIpc) is 3.99. The molecule has 0 spiro atoms. The van der Waals surface area contributed by atoms with Crippen molar-refractivity contribution in [2.24, 2.45) is 0 Å². The Morgan fingerprint density at radius 3 is 1.43 bits per heavy atom. The molecule has 2 aliphatic carbocycles. The predicted molar refractivity (Wildman–Crippen MR) is 199 cm³/mol. The molecule has 8 unspecified atom stereocenters. The molecule has 276 valence electrons. The standard InChI is InChI=1S/C38H36Cl4N6O5/c1-25-17-49-37(52-25,19-47-23-43-21-45-47)31-9-5-3-7-29(31)35(41)13-11-27(15-33(35)39)51-28-12-14-36(42,34(40)16-28)30-8-4-6-10-32(30)38(50-18-26(2)53-38)20-48-24-44-22-46-48/h3-16,21-28H,17-20H2,1-2H3. The third kappa shape index (κ3) is 6.81. The van der Waals surface area contributed by atoms with E-state index < -0.39 is 33.5 Å². The third-order valence-corrected chi connectivity index (χ3v) is 11.8. The molecule has 0 amide bonds. The molecule has 2 aromatic heterocycles. The molecular formula is C38H36Cl4N6O5. The number of nitrogens with zero attached hydrogens (tertiary/aromatic N) is 6. The predicted octanol–water partition coefficient (Wildman–Crippen LogP) is 7.15. The monoisotopic (exact) mass is 796 g/mol. The zero-order valence-electron chi connectivity index (χ0n) is 28.8. The number of hydrogen-bond acceptors (Lipinski definition) is 9. The summed E-state index contributed by atoms with van der Waals surface area (Å²) in [6.07, 6.45) is 15.8. The highest BCUT2D eigenvalue weighted by Crippen LogP contribution is 2.51. The van der Waals surface area contributed by atoms with Gasteiger partial charge >= 0.3 is 0 Å². The van der Waals surface area contributed by atoms with Crippen molar-refractivity contribution in [2.45, 2.75) is 72.7 Å². The van der Waals surface area contributed by atoms with Crippen LogP contribution in [0.15, 0.2) is 120 Å². The number of hydrogen-bond donors (Lipinski definition) is 0. The summed E-state index contributed by atoms with van der Waals surface area (Å²) >= 11 is 28.9. The molecular weight excluding hydrogens is 762 g/mol. The van der Waals surface area contributed by atoms with E-state index in [1.54, 1.807) is 34.2 Å². The maximum atomic E-state index is 7.40. The van der Waals surface area contributed by atoms with E-state index in [0.29, 0.717) is 34.4 Å². The lowest BCUT2D eigenvalue weighted by Crippen LogP contribution is -2.37. The minimum Gasteiger partial charge on any atom is -0.359 e. The first-order valence-corrected chi connectivity index (χ1v) is 18.7. The summed E-state index contributed by atoms with van der Waals surface area (Å²) in [6, 6.07) is 15.4. The molecule has 2 aromatic carbocycles. The first kappa shape index (κ1) is 36.6. The van der Waals surface area contributed by atoms with Gasteiger partial charge in [0, 0.05) is 21.2 Å². The second-order valence-corrected chi connectivity index (χ2v) is 15.5. The van der Waals surface area contributed by atoms with Crippen molar-refractivity contribution in [1.82, 2.24) is 29.5 Å². The molecule has 0 N–H and O–H groups in total. The summed E-state index contributed by atoms with van der Waals surface area (Å²) in [5.74, 6) is -2.31. The Kier molecular flexibility index (Phi) is 9.93. The minimum atomic E-state index is -1.22. The van der Waals surface area contributed by atoms with Crippen LogP contribution in [0.2, 0.25) is 0 Å². The molecule has 2 aliphatic heterocycles. The molecule has 8 rings (SSSR count). The zero-order valence-corrected chi connectivity index (χ0v) is 31.8. The van der Waals surface area contributed by atoms with Crippen LogP contribution in [0.25, 0.3) is 0 Å². The van der Waals surface area contributed by atoms with Crippen LogP contribution in [0.1, 0.15) is 36.1 Å². The number of benzene rings is 2. The van der Waals surface area contributed by atoms with Gasteiger partial charge in [-0.05, 0) is 37.1 Å². The van der Waals surface area contributed by atoms with Crippen molar-refractivity contribution in [1.29, 1.82) is 0 Å². The molecule has 53 heavy (non-hydrogen) atoms. The van der Waals surface area contributed by atoms with Crippen LogP contribution in [0.3, 0.4) is 0 Å². The van der Waals surface area contributed by atoms with E-state index in [2.05, 4.69) is 20.2 Å². The third-order valence-electron chi connectivity index (χ3n) is 9.68. The van der Waals surface area contributed by atoms with Gasteiger partial charge in [-0.15, -0.1) is 23.2 Å². The summed E-state index contributed by atoms with van der Waals surface area (Å²) in [5, 5.41) is 9.30. The van der Waals surface area contributed by atoms with Crippen molar-refractivity contribution < 1.29 is 23.7 Å². The van der Waals surface area contributed by atoms with Gasteiger partial charge < -0.3 is 23.7 Å². The Morgan fingerprint density at radius 1 is 0.679 bits per heavy atom. The fraction of sp³-hybridized carbons (Fsp3) is 0.368. The van der Waals surface area contributed by atoms with Crippen molar-refractivity contribution >= 4 is 46.4 Å². The van der Waals surface area contributed by atoms with Crippen LogP contribution >= 0.6 is 46.4 Å². The van der Waals surface area contributed by atoms with E-state index >= 15 is 0 Å². The van der Waals surface area contributed by atoms with Crippen molar-refractivity contribution in [2.75, 3.05) is 13.2 Å². The van der Waals surface area contributed by atoms with Gasteiger partial charge in [0.05, 0.1) is 37.6 Å². The molecule has 0 bridgehead atoms. The molecule has 4 aliphatic rings. The summed E-state index contributed by atoms with van der Waals surface area (Å²) in [5.41, 5.74) is 2.90. The molecule has 0 saturated carbocycles. The number of ether oxygens (including phenoxy) is 5. The van der Waals surface area contributed by atoms with E-state index in [9.17, 15) is 0 Å². The van der Waals surface area contributed by atoms with Crippen LogP contribution in [-0.4, -0.2) is 67.2 Å². The summed E-state index contributed by atoms with van der Waals surface area (Å²) in [6.45, 7) is 5.26. The lowest BCUT2D eigenvalue weighted by molar-refractivity contribution is -0.187. The Morgan fingerprint density at radius 2 is 1.09 bits per heavy atom. The van der Waals surface area contributed by atoms with E-state index in [1.807, 2.05) is 86.7 Å². The van der Waals surface area contributed by atoms with Crippen LogP contribution in [0.5, 0.6) is 0 Å². The Balaban J connectivity index is 1.03.